The van der Waals surface area contributed by atoms with Crippen LogP contribution >= 0.6 is 0 Å². The molecule has 0 spiro atoms. The van der Waals surface area contributed by atoms with E-state index in [1.807, 2.05) is 30.3 Å². The first kappa shape index (κ1) is 19.7. The van der Waals surface area contributed by atoms with Crippen LogP contribution in [-0.4, -0.2) is 37.2 Å². The number of carbonyl (C=O) groups excluding carboxylic acids is 1. The summed E-state index contributed by atoms with van der Waals surface area (Å²) in [6.45, 7) is 0.329. The number of hydrogen-bond donors (Lipinski definition) is 2. The molecule has 0 bridgehead atoms. The monoisotopic (exact) mass is 402 g/mol. The molecule has 0 unspecified atom stereocenters. The van der Waals surface area contributed by atoms with Crippen LogP contribution in [0.25, 0.3) is 5.69 Å². The number of rotatable bonds is 8. The van der Waals surface area contributed by atoms with Gasteiger partial charge in [-0.25, -0.2) is 22.2 Å². The van der Waals surface area contributed by atoms with Crippen LogP contribution in [0.15, 0.2) is 71.9 Å². The quantitative estimate of drug-likeness (QED) is 0.565. The Kier molecular flexibility index (Phi) is 6.17. The van der Waals surface area contributed by atoms with Crippen LogP contribution in [-0.2, 0) is 10.0 Å². The largest absolute Gasteiger partial charge is 0.352 e. The smallest absolute Gasteiger partial charge is 0.254 e. The van der Waals surface area contributed by atoms with Crippen LogP contribution in [0.4, 0.5) is 4.39 Å². The number of benzene rings is 2. The molecule has 28 heavy (non-hydrogen) atoms. The van der Waals surface area contributed by atoms with Gasteiger partial charge in [0.2, 0.25) is 10.0 Å². The molecule has 0 fully saturated rings. The molecule has 0 aliphatic heterocycles. The van der Waals surface area contributed by atoms with E-state index < -0.39 is 21.7 Å². The number of aromatic nitrogens is 2. The van der Waals surface area contributed by atoms with Crippen molar-refractivity contribution in [1.29, 1.82) is 0 Å². The Hall–Kier alpha value is -3.04. The molecule has 9 heteroatoms. The summed E-state index contributed by atoms with van der Waals surface area (Å²) in [6.07, 6.45) is 3.05. The summed E-state index contributed by atoms with van der Waals surface area (Å²) >= 11 is 0. The number of nitrogens with zero attached hydrogens (tertiary/aromatic N) is 2. The average molecular weight is 402 g/mol. The number of hydrogen-bond acceptors (Lipinski definition) is 4. The summed E-state index contributed by atoms with van der Waals surface area (Å²) in [4.78, 5) is 11.9. The Bertz CT molecular complexity index is 1050. The molecule has 2 aromatic carbocycles. The Balaban J connectivity index is 1.49. The average Bonchev–Trinajstić information content (AvgIpc) is 3.20. The number of sulfonamides is 1. The van der Waals surface area contributed by atoms with Gasteiger partial charge in [0.15, 0.2) is 0 Å². The summed E-state index contributed by atoms with van der Waals surface area (Å²) in [6, 6.07) is 14.8. The van der Waals surface area contributed by atoms with Gasteiger partial charge in [-0.2, -0.15) is 5.10 Å². The minimum Gasteiger partial charge on any atom is -0.352 e. The second-order valence-electron chi connectivity index (χ2n) is 5.94. The molecule has 0 aliphatic carbocycles. The van der Waals surface area contributed by atoms with Gasteiger partial charge in [0.05, 0.1) is 23.6 Å². The van der Waals surface area contributed by atoms with E-state index in [1.54, 1.807) is 6.07 Å². The van der Waals surface area contributed by atoms with Crippen LogP contribution in [0.3, 0.4) is 0 Å². The summed E-state index contributed by atoms with van der Waals surface area (Å²) in [7, 11) is -3.71. The first-order chi connectivity index (χ1) is 13.5. The second-order valence-corrected chi connectivity index (χ2v) is 7.71. The fraction of sp³-hybridized carbons (Fsp3) is 0.158. The standard InChI is InChI=1S/C19H19FN4O3S/c20-18-10-5-4-9-17(18)19(25)21-11-6-12-23-28(26,27)16-13-22-24(14-16)15-7-2-1-3-8-15/h1-5,7-10,13-14,23H,6,11-12H2,(H,21,25). The molecule has 0 saturated carbocycles. The van der Waals surface area contributed by atoms with Gasteiger partial charge in [-0.15, -0.1) is 0 Å². The third-order valence-corrected chi connectivity index (χ3v) is 5.36. The number of amides is 1. The van der Waals surface area contributed by atoms with Crippen LogP contribution < -0.4 is 10.0 Å². The van der Waals surface area contributed by atoms with E-state index >= 15 is 0 Å². The highest BCUT2D eigenvalue weighted by molar-refractivity contribution is 7.89. The molecule has 7 nitrogen and oxygen atoms in total. The van der Waals surface area contributed by atoms with Crippen molar-refractivity contribution in [2.75, 3.05) is 13.1 Å². The van der Waals surface area contributed by atoms with Gasteiger partial charge in [0, 0.05) is 13.1 Å². The summed E-state index contributed by atoms with van der Waals surface area (Å²) in [5.41, 5.74) is 0.705. The zero-order chi connectivity index (χ0) is 20.0. The van der Waals surface area contributed by atoms with Crippen molar-refractivity contribution in [3.63, 3.8) is 0 Å². The maximum Gasteiger partial charge on any atom is 0.254 e. The van der Waals surface area contributed by atoms with Gasteiger partial charge < -0.3 is 5.32 Å². The molecular weight excluding hydrogens is 383 g/mol. The number of carbonyl (C=O) groups is 1. The van der Waals surface area contributed by atoms with Crippen molar-refractivity contribution in [3.05, 3.63) is 78.4 Å². The Morgan fingerprint density at radius 3 is 2.50 bits per heavy atom. The summed E-state index contributed by atoms with van der Waals surface area (Å²) in [5, 5.41) is 6.63. The van der Waals surface area contributed by atoms with Crippen molar-refractivity contribution in [2.45, 2.75) is 11.3 Å². The summed E-state index contributed by atoms with van der Waals surface area (Å²) in [5.74, 6) is -1.14. The SMILES string of the molecule is O=C(NCCCNS(=O)(=O)c1cnn(-c2ccccc2)c1)c1ccccc1F. The molecule has 0 radical (unpaired) electrons. The zero-order valence-electron chi connectivity index (χ0n) is 14.9. The van der Waals surface area contributed by atoms with E-state index in [9.17, 15) is 17.6 Å². The zero-order valence-corrected chi connectivity index (χ0v) is 15.7. The normalized spacial score (nSPS) is 11.3. The highest BCUT2D eigenvalue weighted by Crippen LogP contribution is 2.12. The van der Waals surface area contributed by atoms with Gasteiger partial charge in [0.25, 0.3) is 5.91 Å². The lowest BCUT2D eigenvalue weighted by Crippen LogP contribution is -2.30. The van der Waals surface area contributed by atoms with Crippen molar-refractivity contribution >= 4 is 15.9 Å². The predicted octanol–water partition coefficient (Wildman–Crippen LogP) is 2.11. The molecule has 1 aromatic heterocycles. The lowest BCUT2D eigenvalue weighted by atomic mass is 10.2. The first-order valence-corrected chi connectivity index (χ1v) is 10.1. The van der Waals surface area contributed by atoms with Crippen LogP contribution in [0, 0.1) is 5.82 Å². The Labute approximate surface area is 162 Å². The fourth-order valence-electron chi connectivity index (χ4n) is 2.49. The topological polar surface area (TPSA) is 93.1 Å². The number of halogens is 1. The number of nitrogens with one attached hydrogen (secondary N) is 2. The highest BCUT2D eigenvalue weighted by atomic mass is 32.2. The molecule has 3 aromatic rings. The fourth-order valence-corrected chi connectivity index (χ4v) is 3.49. The van der Waals surface area contributed by atoms with Gasteiger partial charge in [0.1, 0.15) is 10.7 Å². The van der Waals surface area contributed by atoms with Gasteiger partial charge in [-0.05, 0) is 30.7 Å². The van der Waals surface area contributed by atoms with Gasteiger partial charge in [-0.1, -0.05) is 30.3 Å². The van der Waals surface area contributed by atoms with Gasteiger partial charge >= 0.3 is 0 Å². The summed E-state index contributed by atoms with van der Waals surface area (Å²) < 4.78 is 42.1. The minimum absolute atomic E-state index is 0.0450. The van der Waals surface area contributed by atoms with Crippen LogP contribution in [0.1, 0.15) is 16.8 Å². The van der Waals surface area contributed by atoms with E-state index in [0.717, 1.165) is 5.69 Å². The molecular formula is C19H19FN4O3S. The molecule has 2 N–H and O–H groups in total. The molecule has 1 heterocycles. The molecule has 0 atom stereocenters. The second kappa shape index (κ2) is 8.77. The van der Waals surface area contributed by atoms with E-state index in [-0.39, 0.29) is 23.5 Å². The Morgan fingerprint density at radius 2 is 1.75 bits per heavy atom. The molecule has 0 saturated heterocycles. The lowest BCUT2D eigenvalue weighted by Gasteiger charge is -2.07. The van der Waals surface area contributed by atoms with Crippen molar-refractivity contribution in [2.24, 2.45) is 0 Å². The lowest BCUT2D eigenvalue weighted by molar-refractivity contribution is 0.0949. The van der Waals surface area contributed by atoms with E-state index in [4.69, 9.17) is 0 Å². The van der Waals surface area contributed by atoms with Crippen molar-refractivity contribution < 1.29 is 17.6 Å². The van der Waals surface area contributed by atoms with E-state index in [2.05, 4.69) is 15.1 Å². The number of para-hydroxylation sites is 1. The van der Waals surface area contributed by atoms with Gasteiger partial charge in [-0.3, -0.25) is 4.79 Å². The predicted molar refractivity (Wildman–Crippen MR) is 102 cm³/mol. The maximum absolute atomic E-state index is 13.5. The minimum atomic E-state index is -3.71. The van der Waals surface area contributed by atoms with Crippen LogP contribution in [0.2, 0.25) is 0 Å². The highest BCUT2D eigenvalue weighted by Gasteiger charge is 2.16. The van der Waals surface area contributed by atoms with E-state index in [0.29, 0.717) is 6.42 Å². The maximum atomic E-state index is 13.5. The van der Waals surface area contributed by atoms with E-state index in [1.165, 1.54) is 35.3 Å². The molecule has 0 aliphatic rings. The van der Waals surface area contributed by atoms with Crippen LogP contribution in [0.5, 0.6) is 0 Å². The third-order valence-electron chi connectivity index (χ3n) is 3.94. The third kappa shape index (κ3) is 4.81. The van der Waals surface area contributed by atoms with Crippen molar-refractivity contribution in [3.8, 4) is 5.69 Å². The molecule has 146 valence electrons. The molecule has 1 amide bonds. The van der Waals surface area contributed by atoms with Crippen molar-refractivity contribution in [1.82, 2.24) is 19.8 Å². The molecule has 3 rings (SSSR count). The first-order valence-electron chi connectivity index (χ1n) is 8.60. The Morgan fingerprint density at radius 1 is 1.04 bits per heavy atom.